The SMILES string of the molecule is c1nc(Nc2ccc3scnc3c2)c2ccc(-c3ccc(N4CCNCC4)nc3)cc2n1. The van der Waals surface area contributed by atoms with E-state index in [4.69, 9.17) is 4.98 Å². The molecule has 2 N–H and O–H groups in total. The number of benzene rings is 2. The van der Waals surface area contributed by atoms with Gasteiger partial charge in [0.1, 0.15) is 18.0 Å². The summed E-state index contributed by atoms with van der Waals surface area (Å²) < 4.78 is 1.17. The average molecular weight is 440 g/mol. The van der Waals surface area contributed by atoms with Gasteiger partial charge in [-0.2, -0.15) is 0 Å². The highest BCUT2D eigenvalue weighted by Gasteiger charge is 2.12. The van der Waals surface area contributed by atoms with Gasteiger partial charge < -0.3 is 15.5 Å². The van der Waals surface area contributed by atoms with Gasteiger partial charge in [0, 0.05) is 49.0 Å². The van der Waals surface area contributed by atoms with Crippen molar-refractivity contribution < 1.29 is 0 Å². The molecule has 1 aliphatic rings. The predicted molar refractivity (Wildman–Crippen MR) is 131 cm³/mol. The Bertz CT molecular complexity index is 1390. The highest BCUT2D eigenvalue weighted by atomic mass is 32.1. The molecule has 158 valence electrons. The van der Waals surface area contributed by atoms with Crippen molar-refractivity contribution >= 4 is 49.8 Å². The van der Waals surface area contributed by atoms with Crippen LogP contribution in [-0.2, 0) is 0 Å². The summed E-state index contributed by atoms with van der Waals surface area (Å²) in [5.41, 5.74) is 6.86. The van der Waals surface area contributed by atoms with Gasteiger partial charge in [-0.25, -0.2) is 19.9 Å². The Labute approximate surface area is 189 Å². The zero-order chi connectivity index (χ0) is 21.3. The molecule has 2 aromatic carbocycles. The van der Waals surface area contributed by atoms with Gasteiger partial charge in [0.2, 0.25) is 0 Å². The molecule has 8 heteroatoms. The molecule has 5 aromatic rings. The normalized spacial score (nSPS) is 14.2. The molecule has 1 fully saturated rings. The number of aromatic nitrogens is 4. The summed E-state index contributed by atoms with van der Waals surface area (Å²) in [5.74, 6) is 1.81. The van der Waals surface area contributed by atoms with Crippen LogP contribution in [-0.4, -0.2) is 46.1 Å². The Hall–Kier alpha value is -3.62. The summed E-state index contributed by atoms with van der Waals surface area (Å²) in [5, 5.41) is 7.77. The van der Waals surface area contributed by atoms with Gasteiger partial charge in [0.25, 0.3) is 0 Å². The fourth-order valence-electron chi connectivity index (χ4n) is 4.05. The summed E-state index contributed by atoms with van der Waals surface area (Å²) in [4.78, 5) is 20.4. The Kier molecular flexibility index (Phi) is 4.86. The fraction of sp³-hybridized carbons (Fsp3) is 0.167. The topological polar surface area (TPSA) is 78.9 Å². The number of anilines is 3. The number of rotatable bonds is 4. The molecule has 0 atom stereocenters. The summed E-state index contributed by atoms with van der Waals surface area (Å²) in [7, 11) is 0. The lowest BCUT2D eigenvalue weighted by Gasteiger charge is -2.28. The first-order valence-electron chi connectivity index (χ1n) is 10.6. The first-order valence-corrected chi connectivity index (χ1v) is 11.5. The van der Waals surface area contributed by atoms with E-state index in [2.05, 4.69) is 72.9 Å². The third kappa shape index (κ3) is 3.63. The van der Waals surface area contributed by atoms with E-state index in [0.29, 0.717) is 0 Å². The average Bonchev–Trinajstić information content (AvgIpc) is 3.33. The van der Waals surface area contributed by atoms with Gasteiger partial charge in [-0.15, -0.1) is 11.3 Å². The van der Waals surface area contributed by atoms with E-state index in [9.17, 15) is 0 Å². The van der Waals surface area contributed by atoms with E-state index in [1.54, 1.807) is 17.7 Å². The van der Waals surface area contributed by atoms with Crippen molar-refractivity contribution in [3.05, 3.63) is 66.6 Å². The monoisotopic (exact) mass is 439 g/mol. The number of nitrogens with one attached hydrogen (secondary N) is 2. The Morgan fingerprint density at radius 2 is 1.75 bits per heavy atom. The highest BCUT2D eigenvalue weighted by Crippen LogP contribution is 2.29. The van der Waals surface area contributed by atoms with Crippen molar-refractivity contribution in [2.24, 2.45) is 0 Å². The van der Waals surface area contributed by atoms with Crippen LogP contribution >= 0.6 is 11.3 Å². The molecule has 0 amide bonds. The third-order valence-corrected chi connectivity index (χ3v) is 6.56. The van der Waals surface area contributed by atoms with Crippen LogP contribution in [0.15, 0.2) is 66.6 Å². The van der Waals surface area contributed by atoms with Crippen LogP contribution in [0, 0.1) is 0 Å². The highest BCUT2D eigenvalue weighted by molar-refractivity contribution is 7.16. The van der Waals surface area contributed by atoms with Gasteiger partial charge in [-0.3, -0.25) is 0 Å². The van der Waals surface area contributed by atoms with Crippen LogP contribution in [0.5, 0.6) is 0 Å². The second kappa shape index (κ2) is 8.14. The number of fused-ring (bicyclic) bond motifs is 2. The summed E-state index contributed by atoms with van der Waals surface area (Å²) in [6.07, 6.45) is 3.55. The number of hydrogen-bond acceptors (Lipinski definition) is 8. The van der Waals surface area contributed by atoms with Crippen LogP contribution in [0.25, 0.3) is 32.2 Å². The smallest absolute Gasteiger partial charge is 0.141 e. The van der Waals surface area contributed by atoms with E-state index in [1.807, 2.05) is 17.8 Å². The first kappa shape index (κ1) is 19.1. The molecule has 32 heavy (non-hydrogen) atoms. The minimum absolute atomic E-state index is 0.781. The molecular weight excluding hydrogens is 418 g/mol. The number of pyridine rings is 1. The summed E-state index contributed by atoms with van der Waals surface area (Å²) in [6.45, 7) is 3.98. The van der Waals surface area contributed by atoms with Crippen LogP contribution in [0.1, 0.15) is 0 Å². The van der Waals surface area contributed by atoms with E-state index >= 15 is 0 Å². The van der Waals surface area contributed by atoms with E-state index < -0.39 is 0 Å². The van der Waals surface area contributed by atoms with E-state index in [1.165, 1.54) is 4.70 Å². The molecule has 0 bridgehead atoms. The molecule has 6 rings (SSSR count). The summed E-state index contributed by atoms with van der Waals surface area (Å²) in [6, 6.07) is 16.7. The van der Waals surface area contributed by atoms with Crippen molar-refractivity contribution in [2.45, 2.75) is 0 Å². The van der Waals surface area contributed by atoms with E-state index in [-0.39, 0.29) is 0 Å². The lowest BCUT2D eigenvalue weighted by atomic mass is 10.1. The molecular formula is C24H21N7S. The van der Waals surface area contributed by atoms with Gasteiger partial charge in [0.15, 0.2) is 0 Å². The van der Waals surface area contributed by atoms with Gasteiger partial charge in [-0.1, -0.05) is 6.07 Å². The third-order valence-electron chi connectivity index (χ3n) is 5.75. The van der Waals surface area contributed by atoms with Crippen LogP contribution in [0.3, 0.4) is 0 Å². The first-order chi connectivity index (χ1) is 15.8. The number of piperazine rings is 1. The van der Waals surface area contributed by atoms with Crippen molar-refractivity contribution in [1.29, 1.82) is 0 Å². The number of thiazole rings is 1. The number of nitrogens with zero attached hydrogens (tertiary/aromatic N) is 5. The van der Waals surface area contributed by atoms with Crippen molar-refractivity contribution in [2.75, 3.05) is 36.4 Å². The molecule has 0 unspecified atom stereocenters. The quantitative estimate of drug-likeness (QED) is 0.428. The lowest BCUT2D eigenvalue weighted by molar-refractivity contribution is 0.585. The molecule has 4 heterocycles. The van der Waals surface area contributed by atoms with Crippen molar-refractivity contribution in [1.82, 2.24) is 25.3 Å². The second-order valence-corrected chi connectivity index (χ2v) is 8.64. The second-order valence-electron chi connectivity index (χ2n) is 7.76. The fourth-order valence-corrected chi connectivity index (χ4v) is 4.71. The minimum atomic E-state index is 0.781. The summed E-state index contributed by atoms with van der Waals surface area (Å²) >= 11 is 1.64. The van der Waals surface area contributed by atoms with Gasteiger partial charge in [-0.05, 0) is 48.0 Å². The minimum Gasteiger partial charge on any atom is -0.354 e. The lowest BCUT2D eigenvalue weighted by Crippen LogP contribution is -2.43. The zero-order valence-electron chi connectivity index (χ0n) is 17.3. The standard InChI is InChI=1S/C24H21N7S/c1-4-19-20(11-16(1)17-2-6-23(26-13-17)31-9-7-25-8-10-31)27-14-28-24(19)30-18-3-5-22-21(12-18)29-15-32-22/h1-6,11-15,25H,7-10H2,(H,27,28,30). The maximum atomic E-state index is 4.70. The molecule has 7 nitrogen and oxygen atoms in total. The van der Waals surface area contributed by atoms with Gasteiger partial charge >= 0.3 is 0 Å². The van der Waals surface area contributed by atoms with Crippen molar-refractivity contribution in [3.63, 3.8) is 0 Å². The largest absolute Gasteiger partial charge is 0.354 e. The maximum absolute atomic E-state index is 4.70. The van der Waals surface area contributed by atoms with Crippen LogP contribution in [0.2, 0.25) is 0 Å². The molecule has 1 saturated heterocycles. The zero-order valence-corrected chi connectivity index (χ0v) is 18.1. The molecule has 3 aromatic heterocycles. The molecule has 0 spiro atoms. The predicted octanol–water partition coefficient (Wildman–Crippen LogP) is 4.45. The Morgan fingerprint density at radius 1 is 0.844 bits per heavy atom. The van der Waals surface area contributed by atoms with Crippen LogP contribution < -0.4 is 15.5 Å². The number of hydrogen-bond donors (Lipinski definition) is 2. The van der Waals surface area contributed by atoms with Gasteiger partial charge in [0.05, 0.1) is 21.2 Å². The van der Waals surface area contributed by atoms with E-state index in [0.717, 1.165) is 71.0 Å². The molecule has 1 aliphatic heterocycles. The molecule has 0 radical (unpaired) electrons. The molecule has 0 aliphatic carbocycles. The molecule has 0 saturated carbocycles. The Morgan fingerprint density at radius 3 is 2.62 bits per heavy atom. The van der Waals surface area contributed by atoms with Crippen molar-refractivity contribution in [3.8, 4) is 11.1 Å². The maximum Gasteiger partial charge on any atom is 0.141 e. The Balaban J connectivity index is 1.28. The van der Waals surface area contributed by atoms with Crippen LogP contribution in [0.4, 0.5) is 17.3 Å².